The van der Waals surface area contributed by atoms with Crippen molar-refractivity contribution in [2.45, 2.75) is 20.3 Å². The summed E-state index contributed by atoms with van der Waals surface area (Å²) in [4.78, 5) is 26.4. The van der Waals surface area contributed by atoms with Gasteiger partial charge in [-0.2, -0.15) is 0 Å². The Morgan fingerprint density at radius 2 is 2.21 bits per heavy atom. The van der Waals surface area contributed by atoms with Crippen molar-refractivity contribution in [3.63, 3.8) is 0 Å². The average molecular weight is 289 g/mol. The smallest absolute Gasteiger partial charge is 0.311 e. The molecule has 0 saturated heterocycles. The second kappa shape index (κ2) is 5.97. The third kappa shape index (κ3) is 3.64. The highest BCUT2D eigenvalue weighted by Crippen LogP contribution is 2.20. The molecule has 2 N–H and O–H groups in total. The van der Waals surface area contributed by atoms with E-state index < -0.39 is 23.1 Å². The van der Waals surface area contributed by atoms with Crippen molar-refractivity contribution in [1.29, 1.82) is 0 Å². The van der Waals surface area contributed by atoms with E-state index in [1.54, 1.807) is 6.92 Å². The van der Waals surface area contributed by atoms with Crippen LogP contribution in [0.3, 0.4) is 0 Å². The van der Waals surface area contributed by atoms with Crippen LogP contribution in [-0.2, 0) is 4.79 Å². The molecule has 0 aliphatic rings. The van der Waals surface area contributed by atoms with Crippen LogP contribution < -0.4 is 5.32 Å². The lowest BCUT2D eigenvalue weighted by atomic mass is 9.87. The number of rotatable bonds is 5. The van der Waals surface area contributed by atoms with E-state index in [9.17, 15) is 14.0 Å². The predicted octanol–water partition coefficient (Wildman–Crippen LogP) is 2.10. The molecule has 1 rings (SSSR count). The summed E-state index contributed by atoms with van der Waals surface area (Å²) in [5.74, 6) is -2.36. The standard InChI is InChI=1S/C12H14ClFN2O3/c1-3-12(2,11(18)19)6-16-10(17)8-4-7(14)5-15-9(8)13/h4-5H,3,6H2,1-2H3,(H,16,17)(H,18,19). The Morgan fingerprint density at radius 3 is 2.74 bits per heavy atom. The molecule has 1 atom stereocenters. The van der Waals surface area contributed by atoms with Gasteiger partial charge in [0.1, 0.15) is 11.0 Å². The SMILES string of the molecule is CCC(C)(CNC(=O)c1cc(F)cnc1Cl)C(=O)O. The van der Waals surface area contributed by atoms with Crippen molar-refractivity contribution in [1.82, 2.24) is 10.3 Å². The number of nitrogens with zero attached hydrogens (tertiary/aromatic N) is 1. The predicted molar refractivity (Wildman–Crippen MR) is 67.6 cm³/mol. The molecule has 19 heavy (non-hydrogen) atoms. The number of carboxylic acids is 1. The normalized spacial score (nSPS) is 13.7. The zero-order valence-electron chi connectivity index (χ0n) is 10.5. The Labute approximate surface area is 114 Å². The fourth-order valence-corrected chi connectivity index (χ4v) is 1.49. The first-order chi connectivity index (χ1) is 8.80. The van der Waals surface area contributed by atoms with Crippen LogP contribution >= 0.6 is 11.6 Å². The second-order valence-electron chi connectivity index (χ2n) is 4.39. The van der Waals surface area contributed by atoms with Crippen molar-refractivity contribution in [3.8, 4) is 0 Å². The van der Waals surface area contributed by atoms with Gasteiger partial charge in [-0.05, 0) is 19.4 Å². The Balaban J connectivity index is 2.81. The van der Waals surface area contributed by atoms with Gasteiger partial charge in [0.15, 0.2) is 0 Å². The zero-order valence-corrected chi connectivity index (χ0v) is 11.3. The number of hydrogen-bond acceptors (Lipinski definition) is 3. The van der Waals surface area contributed by atoms with Crippen LogP contribution in [-0.4, -0.2) is 28.5 Å². The fraction of sp³-hybridized carbons (Fsp3) is 0.417. The summed E-state index contributed by atoms with van der Waals surface area (Å²) in [5, 5.41) is 11.4. The van der Waals surface area contributed by atoms with Gasteiger partial charge in [0.2, 0.25) is 0 Å². The summed E-state index contributed by atoms with van der Waals surface area (Å²) < 4.78 is 13.0. The molecule has 0 aliphatic carbocycles. The Bertz CT molecular complexity index is 510. The summed E-state index contributed by atoms with van der Waals surface area (Å²) in [7, 11) is 0. The molecule has 0 saturated carbocycles. The lowest BCUT2D eigenvalue weighted by Gasteiger charge is -2.23. The van der Waals surface area contributed by atoms with E-state index in [-0.39, 0.29) is 17.3 Å². The van der Waals surface area contributed by atoms with Crippen molar-refractivity contribution in [2.75, 3.05) is 6.54 Å². The van der Waals surface area contributed by atoms with Crippen LogP contribution in [0.1, 0.15) is 30.6 Å². The lowest BCUT2D eigenvalue weighted by Crippen LogP contribution is -2.40. The molecule has 5 nitrogen and oxygen atoms in total. The maximum absolute atomic E-state index is 13.0. The van der Waals surface area contributed by atoms with Crippen molar-refractivity contribution >= 4 is 23.5 Å². The molecule has 1 aromatic rings. The minimum absolute atomic E-state index is 0.0789. The molecule has 1 heterocycles. The molecule has 1 aromatic heterocycles. The molecule has 0 aromatic carbocycles. The van der Waals surface area contributed by atoms with Crippen LogP contribution in [0.25, 0.3) is 0 Å². The summed E-state index contributed by atoms with van der Waals surface area (Å²) in [6.45, 7) is 3.14. The van der Waals surface area contributed by atoms with Gasteiger partial charge in [-0.15, -0.1) is 0 Å². The molecule has 0 aliphatic heterocycles. The van der Waals surface area contributed by atoms with Gasteiger partial charge in [0, 0.05) is 6.54 Å². The second-order valence-corrected chi connectivity index (χ2v) is 4.75. The lowest BCUT2D eigenvalue weighted by molar-refractivity contribution is -0.147. The first kappa shape index (κ1) is 15.4. The van der Waals surface area contributed by atoms with Crippen molar-refractivity contribution < 1.29 is 19.1 Å². The first-order valence-corrected chi connectivity index (χ1v) is 6.00. The molecule has 1 amide bonds. The van der Waals surface area contributed by atoms with Gasteiger partial charge >= 0.3 is 5.97 Å². The Hall–Kier alpha value is -1.69. The van der Waals surface area contributed by atoms with Crippen molar-refractivity contribution in [2.24, 2.45) is 5.41 Å². The summed E-state index contributed by atoms with van der Waals surface area (Å²) in [6.07, 6.45) is 1.24. The van der Waals surface area contributed by atoms with Crippen molar-refractivity contribution in [3.05, 3.63) is 28.8 Å². The average Bonchev–Trinajstić information content (AvgIpc) is 2.38. The molecular weight excluding hydrogens is 275 g/mol. The third-order valence-electron chi connectivity index (χ3n) is 2.99. The van der Waals surface area contributed by atoms with Gasteiger partial charge in [-0.25, -0.2) is 9.37 Å². The quantitative estimate of drug-likeness (QED) is 0.813. The number of nitrogens with one attached hydrogen (secondary N) is 1. The van der Waals surface area contributed by atoms with Crippen LogP contribution in [0.15, 0.2) is 12.3 Å². The number of halogens is 2. The van der Waals surface area contributed by atoms with E-state index in [2.05, 4.69) is 10.3 Å². The van der Waals surface area contributed by atoms with Crippen LogP contribution in [0.5, 0.6) is 0 Å². The highest BCUT2D eigenvalue weighted by atomic mass is 35.5. The van der Waals surface area contributed by atoms with E-state index in [0.29, 0.717) is 6.42 Å². The van der Waals surface area contributed by atoms with E-state index in [1.165, 1.54) is 6.92 Å². The van der Waals surface area contributed by atoms with Crippen LogP contribution in [0.2, 0.25) is 5.15 Å². The van der Waals surface area contributed by atoms with Gasteiger partial charge in [0.05, 0.1) is 17.2 Å². The molecule has 0 fully saturated rings. The van der Waals surface area contributed by atoms with E-state index in [0.717, 1.165) is 12.3 Å². The molecule has 0 spiro atoms. The summed E-state index contributed by atoms with van der Waals surface area (Å²) >= 11 is 5.68. The number of carbonyl (C=O) groups excluding carboxylic acids is 1. The minimum Gasteiger partial charge on any atom is -0.481 e. The molecule has 0 radical (unpaired) electrons. The molecule has 104 valence electrons. The highest BCUT2D eigenvalue weighted by molar-refractivity contribution is 6.32. The fourth-order valence-electron chi connectivity index (χ4n) is 1.30. The number of pyridine rings is 1. The van der Waals surface area contributed by atoms with Crippen LogP contribution in [0, 0.1) is 11.2 Å². The largest absolute Gasteiger partial charge is 0.481 e. The minimum atomic E-state index is -1.08. The number of amides is 1. The number of aromatic nitrogens is 1. The van der Waals surface area contributed by atoms with Gasteiger partial charge < -0.3 is 10.4 Å². The summed E-state index contributed by atoms with van der Waals surface area (Å²) in [6, 6.07) is 0.953. The number of hydrogen-bond donors (Lipinski definition) is 2. The maximum atomic E-state index is 13.0. The molecule has 7 heteroatoms. The van der Waals surface area contributed by atoms with Crippen LogP contribution in [0.4, 0.5) is 4.39 Å². The topological polar surface area (TPSA) is 79.3 Å². The maximum Gasteiger partial charge on any atom is 0.311 e. The third-order valence-corrected chi connectivity index (χ3v) is 3.29. The Morgan fingerprint density at radius 1 is 1.58 bits per heavy atom. The number of carbonyl (C=O) groups is 2. The van der Waals surface area contributed by atoms with E-state index in [1.807, 2.05) is 0 Å². The van der Waals surface area contributed by atoms with E-state index in [4.69, 9.17) is 16.7 Å². The molecule has 0 bridgehead atoms. The first-order valence-electron chi connectivity index (χ1n) is 5.63. The number of carboxylic acid groups (broad SMARTS) is 1. The van der Waals surface area contributed by atoms with Gasteiger partial charge in [0.25, 0.3) is 5.91 Å². The monoisotopic (exact) mass is 288 g/mol. The van der Waals surface area contributed by atoms with Gasteiger partial charge in [-0.3, -0.25) is 9.59 Å². The molecule has 1 unspecified atom stereocenters. The van der Waals surface area contributed by atoms with Gasteiger partial charge in [-0.1, -0.05) is 18.5 Å². The highest BCUT2D eigenvalue weighted by Gasteiger charge is 2.31. The Kier molecular flexibility index (Phi) is 4.83. The number of aliphatic carboxylic acids is 1. The van der Waals surface area contributed by atoms with E-state index >= 15 is 0 Å². The summed E-state index contributed by atoms with van der Waals surface area (Å²) in [5.41, 5.74) is -1.20. The zero-order chi connectivity index (χ0) is 14.6. The molecular formula is C12H14ClFN2O3.